The van der Waals surface area contributed by atoms with Crippen molar-refractivity contribution in [3.8, 4) is 11.1 Å². The first-order chi connectivity index (χ1) is 21.6. The number of amides is 1. The fourth-order valence-corrected chi connectivity index (χ4v) is 7.71. The van der Waals surface area contributed by atoms with Crippen molar-refractivity contribution in [2.75, 3.05) is 12.4 Å². The summed E-state index contributed by atoms with van der Waals surface area (Å²) in [6.45, 7) is 0.125. The Hall–Kier alpha value is -4.81. The highest BCUT2D eigenvalue weighted by Crippen LogP contribution is 2.49. The van der Waals surface area contributed by atoms with Crippen LogP contribution in [0.2, 0.25) is 0 Å². The van der Waals surface area contributed by atoms with Crippen LogP contribution in [0, 0.1) is 0 Å². The summed E-state index contributed by atoms with van der Waals surface area (Å²) < 4.78 is 5.08. The van der Waals surface area contributed by atoms with Crippen molar-refractivity contribution in [3.05, 3.63) is 167 Å². The molecule has 2 N–H and O–H groups in total. The molecule has 0 radical (unpaired) electrons. The van der Waals surface area contributed by atoms with Crippen molar-refractivity contribution >= 4 is 23.8 Å². The van der Waals surface area contributed by atoms with E-state index in [4.69, 9.17) is 4.74 Å². The summed E-state index contributed by atoms with van der Waals surface area (Å²) in [5.74, 6) is -0.724. The topological polar surface area (TPSA) is 75.6 Å². The van der Waals surface area contributed by atoms with Gasteiger partial charge in [0.1, 0.15) is 12.6 Å². The molecule has 1 aliphatic rings. The van der Waals surface area contributed by atoms with Crippen LogP contribution >= 0.6 is 11.8 Å². The van der Waals surface area contributed by atoms with E-state index in [0.717, 1.165) is 38.9 Å². The molecule has 0 heterocycles. The number of ether oxygens (including phenoxy) is 1. The third-order valence-electron chi connectivity index (χ3n) is 8.20. The molecule has 5 nitrogen and oxygen atoms in total. The van der Waals surface area contributed by atoms with Gasteiger partial charge in [-0.05, 0) is 51.1 Å². The van der Waals surface area contributed by atoms with Crippen LogP contribution in [0.25, 0.3) is 11.1 Å². The quantitative estimate of drug-likeness (QED) is 0.150. The maximum Gasteiger partial charge on any atom is 0.407 e. The molecule has 0 aliphatic heterocycles. The number of nitrogens with one attached hydrogen (secondary N) is 1. The zero-order chi connectivity index (χ0) is 30.4. The minimum atomic E-state index is -1.10. The number of carboxylic acids is 1. The summed E-state index contributed by atoms with van der Waals surface area (Å²) in [6.07, 6.45) is -0.511. The monoisotopic (exact) mass is 599 g/mol. The Kier molecular flexibility index (Phi) is 8.80. The van der Waals surface area contributed by atoms with Crippen molar-refractivity contribution in [1.82, 2.24) is 5.32 Å². The molecule has 220 valence electrons. The zero-order valence-electron chi connectivity index (χ0n) is 24.1. The van der Waals surface area contributed by atoms with Gasteiger partial charge in [0.05, 0.1) is 4.75 Å². The highest BCUT2D eigenvalue weighted by Gasteiger charge is 2.37. The van der Waals surface area contributed by atoms with E-state index in [1.165, 1.54) is 0 Å². The molecule has 6 heteroatoms. The molecule has 1 amide bonds. The molecular weight excluding hydrogens is 566 g/mol. The zero-order valence-corrected chi connectivity index (χ0v) is 25.0. The Labute approximate surface area is 261 Å². The summed E-state index contributed by atoms with van der Waals surface area (Å²) in [6, 6.07) is 45.9. The average Bonchev–Trinajstić information content (AvgIpc) is 3.40. The number of thioether (sulfide) groups is 1. The summed E-state index contributed by atoms with van der Waals surface area (Å²) in [7, 11) is 0. The average molecular weight is 600 g/mol. The first kappa shape index (κ1) is 29.3. The summed E-state index contributed by atoms with van der Waals surface area (Å²) in [4.78, 5) is 25.3. The van der Waals surface area contributed by atoms with Crippen LogP contribution in [-0.2, 0) is 14.3 Å². The number of carbonyl (C=O) groups excluding carboxylic acids is 1. The Balaban J connectivity index is 1.17. The number of aliphatic carboxylic acids is 1. The van der Waals surface area contributed by atoms with Gasteiger partial charge in [0, 0.05) is 5.92 Å². The number of alkyl carbamates (subject to hydrolysis) is 1. The van der Waals surface area contributed by atoms with Crippen molar-refractivity contribution in [2.45, 2.75) is 23.1 Å². The predicted octanol–water partition coefficient (Wildman–Crippen LogP) is 8.09. The van der Waals surface area contributed by atoms with Gasteiger partial charge in [0.25, 0.3) is 0 Å². The van der Waals surface area contributed by atoms with Crippen molar-refractivity contribution in [2.24, 2.45) is 0 Å². The lowest BCUT2D eigenvalue weighted by Crippen LogP contribution is -2.42. The van der Waals surface area contributed by atoms with Crippen LogP contribution < -0.4 is 5.32 Å². The van der Waals surface area contributed by atoms with Crippen LogP contribution in [0.15, 0.2) is 140 Å². The number of hydrogen-bond acceptors (Lipinski definition) is 4. The van der Waals surface area contributed by atoms with Gasteiger partial charge in [-0.2, -0.15) is 0 Å². The SMILES string of the molecule is O=C(NC(CCSC(c1ccccc1)(c1ccccc1)c1ccccc1)C(=O)O)OCC1c2ccccc2-c2ccccc21. The smallest absolute Gasteiger partial charge is 0.407 e. The van der Waals surface area contributed by atoms with Gasteiger partial charge in [-0.1, -0.05) is 140 Å². The van der Waals surface area contributed by atoms with E-state index in [2.05, 4.69) is 66.0 Å². The van der Waals surface area contributed by atoms with Gasteiger partial charge in [-0.15, -0.1) is 11.8 Å². The lowest BCUT2D eigenvalue weighted by Gasteiger charge is -2.35. The van der Waals surface area contributed by atoms with Gasteiger partial charge in [-0.25, -0.2) is 9.59 Å². The van der Waals surface area contributed by atoms with Crippen LogP contribution in [0.4, 0.5) is 4.79 Å². The largest absolute Gasteiger partial charge is 0.480 e. The molecule has 0 fully saturated rings. The number of carbonyl (C=O) groups is 2. The van der Waals surface area contributed by atoms with Crippen LogP contribution in [0.3, 0.4) is 0 Å². The molecule has 1 unspecified atom stereocenters. The fourth-order valence-electron chi connectivity index (χ4n) is 6.14. The second-order valence-electron chi connectivity index (χ2n) is 10.8. The van der Waals surface area contributed by atoms with Crippen molar-refractivity contribution in [3.63, 3.8) is 0 Å². The number of fused-ring (bicyclic) bond motifs is 3. The normalized spacial score (nSPS) is 13.0. The molecular formula is C38H33NO4S. The van der Waals surface area contributed by atoms with E-state index < -0.39 is 22.9 Å². The highest BCUT2D eigenvalue weighted by molar-refractivity contribution is 8.00. The molecule has 1 aliphatic carbocycles. The van der Waals surface area contributed by atoms with Gasteiger partial charge >= 0.3 is 12.1 Å². The minimum Gasteiger partial charge on any atom is -0.480 e. The predicted molar refractivity (Wildman–Crippen MR) is 176 cm³/mol. The first-order valence-electron chi connectivity index (χ1n) is 14.7. The maximum absolute atomic E-state index is 13.0. The minimum absolute atomic E-state index is 0.102. The second kappa shape index (κ2) is 13.2. The van der Waals surface area contributed by atoms with E-state index in [9.17, 15) is 14.7 Å². The van der Waals surface area contributed by atoms with Crippen molar-refractivity contribution in [1.29, 1.82) is 0 Å². The molecule has 0 aromatic heterocycles. The van der Waals surface area contributed by atoms with Gasteiger partial charge in [0.15, 0.2) is 0 Å². The highest BCUT2D eigenvalue weighted by atomic mass is 32.2. The van der Waals surface area contributed by atoms with Crippen LogP contribution in [-0.4, -0.2) is 35.6 Å². The molecule has 0 spiro atoms. The Morgan fingerprint density at radius 2 is 1.11 bits per heavy atom. The molecule has 0 bridgehead atoms. The Morgan fingerprint density at radius 1 is 0.682 bits per heavy atom. The third kappa shape index (κ3) is 5.86. The van der Waals surface area contributed by atoms with Gasteiger partial charge in [-0.3, -0.25) is 0 Å². The summed E-state index contributed by atoms with van der Waals surface area (Å²) in [5.41, 5.74) is 7.77. The van der Waals surface area contributed by atoms with Crippen LogP contribution in [0.5, 0.6) is 0 Å². The lowest BCUT2D eigenvalue weighted by atomic mass is 9.84. The van der Waals surface area contributed by atoms with E-state index in [1.54, 1.807) is 11.8 Å². The van der Waals surface area contributed by atoms with E-state index in [0.29, 0.717) is 5.75 Å². The number of rotatable bonds is 11. The summed E-state index contributed by atoms with van der Waals surface area (Å²) >= 11 is 1.66. The number of hydrogen-bond donors (Lipinski definition) is 2. The molecule has 0 saturated carbocycles. The molecule has 44 heavy (non-hydrogen) atoms. The van der Waals surface area contributed by atoms with Gasteiger partial charge < -0.3 is 15.2 Å². The lowest BCUT2D eigenvalue weighted by molar-refractivity contribution is -0.139. The van der Waals surface area contributed by atoms with Crippen molar-refractivity contribution < 1.29 is 19.4 Å². The Morgan fingerprint density at radius 3 is 1.57 bits per heavy atom. The first-order valence-corrected chi connectivity index (χ1v) is 15.7. The van der Waals surface area contributed by atoms with E-state index in [1.807, 2.05) is 78.9 Å². The van der Waals surface area contributed by atoms with Gasteiger partial charge in [0.2, 0.25) is 0 Å². The van der Waals surface area contributed by atoms with E-state index in [-0.39, 0.29) is 18.9 Å². The van der Waals surface area contributed by atoms with E-state index >= 15 is 0 Å². The molecule has 5 aromatic carbocycles. The number of carboxylic acid groups (broad SMARTS) is 1. The van der Waals surface area contributed by atoms with Crippen LogP contribution in [0.1, 0.15) is 40.2 Å². The molecule has 0 saturated heterocycles. The Bertz CT molecular complexity index is 1580. The summed E-state index contributed by atoms with van der Waals surface area (Å²) in [5, 5.41) is 12.7. The third-order valence-corrected chi connectivity index (χ3v) is 9.78. The fraction of sp³-hybridized carbons (Fsp3) is 0.158. The maximum atomic E-state index is 13.0. The second-order valence-corrected chi connectivity index (χ2v) is 12.1. The molecule has 6 rings (SSSR count). The standard InChI is InChI=1S/C38H33NO4S/c40-36(41)35(39-37(42)43-26-34-32-22-12-10-20-30(32)31-21-11-13-23-33(31)34)24-25-44-38(27-14-4-1-5-15-27,28-16-6-2-7-17-28)29-18-8-3-9-19-29/h1-23,34-35H,24-26H2,(H,39,42)(H,40,41). The molecule has 1 atom stereocenters. The molecule has 5 aromatic rings. The number of benzene rings is 5.